The largest absolute Gasteiger partial charge is 0.393 e. The summed E-state index contributed by atoms with van der Waals surface area (Å²) in [6.45, 7) is 3.79. The zero-order chi connectivity index (χ0) is 13.0. The third-order valence-corrected chi connectivity index (χ3v) is 4.15. The van der Waals surface area contributed by atoms with Crippen molar-refractivity contribution in [2.45, 2.75) is 26.3 Å². The molecule has 6 heteroatoms. The van der Waals surface area contributed by atoms with Crippen LogP contribution in [0, 0.1) is 5.92 Å². The molecule has 0 aliphatic rings. The van der Waals surface area contributed by atoms with Crippen LogP contribution in [-0.4, -0.2) is 10.9 Å². The average Bonchev–Trinajstić information content (AvgIpc) is 2.65. The zero-order valence-corrected chi connectivity index (χ0v) is 12.1. The Bertz CT molecular complexity index is 419. The van der Waals surface area contributed by atoms with Gasteiger partial charge in [0.05, 0.1) is 21.3 Å². The molecule has 0 aliphatic heterocycles. The molecule has 0 radical (unpaired) electrons. The van der Waals surface area contributed by atoms with Crippen LogP contribution in [-0.2, 0) is 4.79 Å². The van der Waals surface area contributed by atoms with Gasteiger partial charge in [0.1, 0.15) is 0 Å². The molecule has 1 amide bonds. The Kier molecular flexibility index (Phi) is 5.36. The van der Waals surface area contributed by atoms with Crippen LogP contribution in [0.15, 0.2) is 12.1 Å². The Morgan fingerprint density at radius 3 is 2.71 bits per heavy atom. The van der Waals surface area contributed by atoms with Crippen molar-refractivity contribution in [2.24, 2.45) is 11.7 Å². The van der Waals surface area contributed by atoms with Gasteiger partial charge >= 0.3 is 0 Å². The molecule has 3 nitrogen and oxygen atoms in total. The van der Waals surface area contributed by atoms with Crippen LogP contribution in [0.4, 0.5) is 0 Å². The lowest BCUT2D eigenvalue weighted by Gasteiger charge is -2.17. The molecule has 0 saturated carbocycles. The van der Waals surface area contributed by atoms with Gasteiger partial charge in [-0.25, -0.2) is 0 Å². The number of carbonyl (C=O) groups excluding carboxylic acids is 1. The summed E-state index contributed by atoms with van der Waals surface area (Å²) in [6, 6.07) is 3.64. The molecule has 3 N–H and O–H groups in total. The molecule has 2 atom stereocenters. The Morgan fingerprint density at radius 1 is 1.65 bits per heavy atom. The van der Waals surface area contributed by atoms with Crippen LogP contribution in [0.25, 0.3) is 0 Å². The highest BCUT2D eigenvalue weighted by atomic mass is 35.5. The number of thiocarbonyl (C=S) groups is 1. The lowest BCUT2D eigenvalue weighted by atomic mass is 10.1. The second kappa shape index (κ2) is 6.33. The molecule has 0 aliphatic carbocycles. The van der Waals surface area contributed by atoms with Gasteiger partial charge in [0.15, 0.2) is 0 Å². The van der Waals surface area contributed by atoms with Crippen molar-refractivity contribution in [3.8, 4) is 0 Å². The van der Waals surface area contributed by atoms with Crippen LogP contribution >= 0.6 is 35.2 Å². The fourth-order valence-corrected chi connectivity index (χ4v) is 2.80. The predicted molar refractivity (Wildman–Crippen MR) is 76.5 cm³/mol. The molecule has 2 unspecified atom stereocenters. The number of rotatable bonds is 5. The number of hydrogen-bond donors (Lipinski definition) is 2. The summed E-state index contributed by atoms with van der Waals surface area (Å²) < 4.78 is 0.711. The standard InChI is InChI=1S/C11H15ClN2OS2/c1-3-7(10(13)16)11(15)14-6(2)8-4-5-9(12)17-8/h4-7H,3H2,1-2H3,(H2,13,16)(H,14,15). The van der Waals surface area contributed by atoms with Gasteiger partial charge in [-0.15, -0.1) is 11.3 Å². The molecular weight excluding hydrogens is 276 g/mol. The van der Waals surface area contributed by atoms with Crippen LogP contribution < -0.4 is 11.1 Å². The van der Waals surface area contributed by atoms with Gasteiger partial charge in [-0.3, -0.25) is 4.79 Å². The lowest BCUT2D eigenvalue weighted by Crippen LogP contribution is -2.38. The molecular formula is C11H15ClN2OS2. The van der Waals surface area contributed by atoms with E-state index in [1.165, 1.54) is 11.3 Å². The van der Waals surface area contributed by atoms with Gasteiger partial charge < -0.3 is 11.1 Å². The summed E-state index contributed by atoms with van der Waals surface area (Å²) in [5.74, 6) is -0.528. The minimum atomic E-state index is -0.400. The normalized spacial score (nSPS) is 14.1. The zero-order valence-electron chi connectivity index (χ0n) is 9.70. The Hall–Kier alpha value is -0.650. The molecule has 0 aromatic carbocycles. The Balaban J connectivity index is 2.65. The number of hydrogen-bond acceptors (Lipinski definition) is 3. The summed E-state index contributed by atoms with van der Waals surface area (Å²) in [5, 5.41) is 2.89. The SMILES string of the molecule is CCC(C(=O)NC(C)c1ccc(Cl)s1)C(N)=S. The fourth-order valence-electron chi connectivity index (χ4n) is 1.46. The Morgan fingerprint density at radius 2 is 2.29 bits per heavy atom. The number of halogens is 1. The van der Waals surface area contributed by atoms with Crippen molar-refractivity contribution < 1.29 is 4.79 Å². The molecule has 1 aromatic heterocycles. The second-order valence-corrected chi connectivity index (χ2v) is 5.95. The summed E-state index contributed by atoms with van der Waals surface area (Å²) in [5.41, 5.74) is 5.52. The van der Waals surface area contributed by atoms with Crippen molar-refractivity contribution in [2.75, 3.05) is 0 Å². The van der Waals surface area contributed by atoms with Crippen molar-refractivity contribution >= 4 is 46.1 Å². The highest BCUT2D eigenvalue weighted by Crippen LogP contribution is 2.26. The molecule has 17 heavy (non-hydrogen) atoms. The first-order valence-electron chi connectivity index (χ1n) is 5.30. The molecule has 0 fully saturated rings. The first-order valence-corrected chi connectivity index (χ1v) is 6.90. The van der Waals surface area contributed by atoms with Crippen LogP contribution in [0.3, 0.4) is 0 Å². The lowest BCUT2D eigenvalue weighted by molar-refractivity contribution is -0.123. The number of amides is 1. The van der Waals surface area contributed by atoms with E-state index in [1.54, 1.807) is 0 Å². The van der Waals surface area contributed by atoms with Crippen LogP contribution in [0.5, 0.6) is 0 Å². The quantitative estimate of drug-likeness (QED) is 0.820. The first-order chi connectivity index (χ1) is 7.95. The number of nitrogens with one attached hydrogen (secondary N) is 1. The average molecular weight is 291 g/mol. The van der Waals surface area contributed by atoms with E-state index >= 15 is 0 Å². The highest BCUT2D eigenvalue weighted by molar-refractivity contribution is 7.80. The van der Waals surface area contributed by atoms with Gasteiger partial charge in [0.25, 0.3) is 0 Å². The summed E-state index contributed by atoms with van der Waals surface area (Å²) >= 11 is 12.2. The molecule has 0 bridgehead atoms. The van der Waals surface area contributed by atoms with Crippen molar-refractivity contribution in [3.05, 3.63) is 21.3 Å². The van der Waals surface area contributed by atoms with E-state index in [9.17, 15) is 4.79 Å². The van der Waals surface area contributed by atoms with Crippen LogP contribution in [0.2, 0.25) is 4.34 Å². The van der Waals surface area contributed by atoms with E-state index in [4.69, 9.17) is 29.6 Å². The topological polar surface area (TPSA) is 55.1 Å². The molecule has 94 valence electrons. The third-order valence-electron chi connectivity index (χ3n) is 2.45. The minimum Gasteiger partial charge on any atom is -0.393 e. The van der Waals surface area contributed by atoms with E-state index in [0.717, 1.165) is 4.88 Å². The van der Waals surface area contributed by atoms with E-state index in [0.29, 0.717) is 10.8 Å². The molecule has 0 spiro atoms. The minimum absolute atomic E-state index is 0.0802. The van der Waals surface area contributed by atoms with Crippen molar-refractivity contribution in [1.29, 1.82) is 0 Å². The maximum atomic E-state index is 11.9. The van der Waals surface area contributed by atoms with Gasteiger partial charge in [-0.2, -0.15) is 0 Å². The highest BCUT2D eigenvalue weighted by Gasteiger charge is 2.21. The molecule has 0 saturated heterocycles. The predicted octanol–water partition coefficient (Wildman–Crippen LogP) is 2.89. The second-order valence-electron chi connectivity index (χ2n) is 3.74. The van der Waals surface area contributed by atoms with E-state index in [-0.39, 0.29) is 16.9 Å². The van der Waals surface area contributed by atoms with E-state index in [2.05, 4.69) is 5.32 Å². The molecule has 1 heterocycles. The Labute approximate surface area is 115 Å². The first kappa shape index (κ1) is 14.4. The van der Waals surface area contributed by atoms with Gasteiger partial charge in [0, 0.05) is 4.88 Å². The molecule has 1 rings (SSSR count). The summed E-state index contributed by atoms with van der Waals surface area (Å²) in [6.07, 6.45) is 0.610. The van der Waals surface area contributed by atoms with Crippen LogP contribution in [0.1, 0.15) is 31.2 Å². The number of thiophene rings is 1. The maximum Gasteiger partial charge on any atom is 0.230 e. The maximum absolute atomic E-state index is 11.9. The van der Waals surface area contributed by atoms with E-state index < -0.39 is 5.92 Å². The number of carbonyl (C=O) groups is 1. The van der Waals surface area contributed by atoms with Crippen molar-refractivity contribution in [1.82, 2.24) is 5.32 Å². The summed E-state index contributed by atoms with van der Waals surface area (Å²) in [7, 11) is 0. The third kappa shape index (κ3) is 3.94. The monoisotopic (exact) mass is 290 g/mol. The van der Waals surface area contributed by atoms with Crippen molar-refractivity contribution in [3.63, 3.8) is 0 Å². The molecule has 1 aromatic rings. The summed E-state index contributed by atoms with van der Waals surface area (Å²) in [4.78, 5) is 13.2. The van der Waals surface area contributed by atoms with Gasteiger partial charge in [-0.1, -0.05) is 30.7 Å². The van der Waals surface area contributed by atoms with Gasteiger partial charge in [-0.05, 0) is 25.5 Å². The number of nitrogens with two attached hydrogens (primary N) is 1. The van der Waals surface area contributed by atoms with E-state index in [1.807, 2.05) is 26.0 Å². The fraction of sp³-hybridized carbons (Fsp3) is 0.455. The van der Waals surface area contributed by atoms with Gasteiger partial charge in [0.2, 0.25) is 5.91 Å². The smallest absolute Gasteiger partial charge is 0.230 e.